The predicted molar refractivity (Wildman–Crippen MR) is 63.3 cm³/mol. The van der Waals surface area contributed by atoms with Crippen molar-refractivity contribution in [1.82, 2.24) is 9.97 Å². The van der Waals surface area contributed by atoms with E-state index in [9.17, 15) is 9.59 Å². The number of hydrogen-bond acceptors (Lipinski definition) is 6. The van der Waals surface area contributed by atoms with Gasteiger partial charge in [-0.15, -0.1) is 0 Å². The molecular weight excluding hydrogens is 260 g/mol. The SMILES string of the molecule is COC(=O)c1nc(Cl)cnc1N1CC(N)CC1=O. The first-order valence-electron chi connectivity index (χ1n) is 5.19. The maximum Gasteiger partial charge on any atom is 0.360 e. The first-order valence-corrected chi connectivity index (χ1v) is 5.57. The molecule has 1 amide bonds. The highest BCUT2D eigenvalue weighted by atomic mass is 35.5. The van der Waals surface area contributed by atoms with E-state index in [1.165, 1.54) is 18.2 Å². The van der Waals surface area contributed by atoms with E-state index in [1.807, 2.05) is 0 Å². The molecule has 1 atom stereocenters. The largest absolute Gasteiger partial charge is 0.464 e. The Morgan fingerprint density at radius 3 is 2.94 bits per heavy atom. The van der Waals surface area contributed by atoms with Crippen LogP contribution in [0.5, 0.6) is 0 Å². The summed E-state index contributed by atoms with van der Waals surface area (Å²) in [5.41, 5.74) is 5.60. The highest BCUT2D eigenvalue weighted by Gasteiger charge is 2.32. The minimum Gasteiger partial charge on any atom is -0.464 e. The van der Waals surface area contributed by atoms with Crippen LogP contribution >= 0.6 is 11.6 Å². The smallest absolute Gasteiger partial charge is 0.360 e. The third-order valence-corrected chi connectivity index (χ3v) is 2.70. The van der Waals surface area contributed by atoms with Gasteiger partial charge in [0.1, 0.15) is 5.15 Å². The minimum atomic E-state index is -0.701. The van der Waals surface area contributed by atoms with Gasteiger partial charge in [0, 0.05) is 19.0 Å². The second kappa shape index (κ2) is 4.87. The van der Waals surface area contributed by atoms with Crippen LogP contribution in [0.25, 0.3) is 0 Å². The number of amides is 1. The molecule has 1 aromatic rings. The number of nitrogens with zero attached hydrogens (tertiary/aromatic N) is 3. The number of nitrogens with two attached hydrogens (primary N) is 1. The summed E-state index contributed by atoms with van der Waals surface area (Å²) in [5, 5.41) is 0.0510. The zero-order valence-electron chi connectivity index (χ0n) is 9.59. The Kier molecular flexibility index (Phi) is 3.44. The molecule has 2 rings (SSSR count). The van der Waals surface area contributed by atoms with Gasteiger partial charge >= 0.3 is 5.97 Å². The van der Waals surface area contributed by atoms with Crippen LogP contribution in [-0.2, 0) is 9.53 Å². The van der Waals surface area contributed by atoms with Gasteiger partial charge in [-0.2, -0.15) is 0 Å². The zero-order valence-corrected chi connectivity index (χ0v) is 10.3. The molecule has 0 bridgehead atoms. The monoisotopic (exact) mass is 270 g/mol. The number of halogens is 1. The van der Waals surface area contributed by atoms with Crippen molar-refractivity contribution in [1.29, 1.82) is 0 Å². The summed E-state index contributed by atoms with van der Waals surface area (Å²) >= 11 is 5.68. The number of esters is 1. The van der Waals surface area contributed by atoms with Crippen LogP contribution in [0.1, 0.15) is 16.9 Å². The molecule has 1 fully saturated rings. The van der Waals surface area contributed by atoms with Gasteiger partial charge in [-0.25, -0.2) is 14.8 Å². The fourth-order valence-electron chi connectivity index (χ4n) is 1.73. The highest BCUT2D eigenvalue weighted by molar-refractivity contribution is 6.29. The minimum absolute atomic E-state index is 0.0510. The second-order valence-corrected chi connectivity index (χ2v) is 4.21. The van der Waals surface area contributed by atoms with Crippen LogP contribution in [0.15, 0.2) is 6.20 Å². The Morgan fingerprint density at radius 2 is 2.39 bits per heavy atom. The van der Waals surface area contributed by atoms with E-state index < -0.39 is 5.97 Å². The third kappa shape index (κ3) is 2.27. The van der Waals surface area contributed by atoms with Gasteiger partial charge in [0.2, 0.25) is 5.91 Å². The molecule has 1 saturated heterocycles. The standard InChI is InChI=1S/C10H11ClN4O3/c1-18-10(17)8-9(13-3-6(11)14-8)15-4-5(12)2-7(15)16/h3,5H,2,4,12H2,1H3. The number of carbonyl (C=O) groups excluding carboxylic acids is 2. The molecule has 8 heteroatoms. The van der Waals surface area contributed by atoms with Crippen LogP contribution in [0.4, 0.5) is 5.82 Å². The van der Waals surface area contributed by atoms with Crippen molar-refractivity contribution in [3.05, 3.63) is 17.0 Å². The molecule has 18 heavy (non-hydrogen) atoms. The zero-order chi connectivity index (χ0) is 13.3. The Labute approximate surface area is 108 Å². The molecule has 0 saturated carbocycles. The Bertz CT molecular complexity index is 508. The molecular formula is C10H11ClN4O3. The molecule has 1 unspecified atom stereocenters. The molecule has 96 valence electrons. The lowest BCUT2D eigenvalue weighted by Crippen LogP contribution is -2.30. The fourth-order valence-corrected chi connectivity index (χ4v) is 1.87. The molecule has 1 aliphatic heterocycles. The highest BCUT2D eigenvalue weighted by Crippen LogP contribution is 2.23. The lowest BCUT2D eigenvalue weighted by Gasteiger charge is -2.16. The average molecular weight is 271 g/mol. The number of methoxy groups -OCH3 is 1. The van der Waals surface area contributed by atoms with Crippen molar-refractivity contribution in [2.24, 2.45) is 5.73 Å². The van der Waals surface area contributed by atoms with Crippen LogP contribution in [0, 0.1) is 0 Å². The third-order valence-electron chi connectivity index (χ3n) is 2.51. The first-order chi connectivity index (χ1) is 8.52. The van der Waals surface area contributed by atoms with E-state index in [0.29, 0.717) is 6.54 Å². The van der Waals surface area contributed by atoms with Gasteiger partial charge in [0.25, 0.3) is 0 Å². The van der Waals surface area contributed by atoms with Crippen LogP contribution in [0.2, 0.25) is 5.15 Å². The van der Waals surface area contributed by atoms with E-state index in [0.717, 1.165) is 0 Å². The predicted octanol–water partition coefficient (Wildman–Crippen LogP) is -0.0194. The molecule has 0 aromatic carbocycles. The van der Waals surface area contributed by atoms with E-state index in [-0.39, 0.29) is 35.0 Å². The van der Waals surface area contributed by atoms with E-state index in [4.69, 9.17) is 17.3 Å². The van der Waals surface area contributed by atoms with Crippen molar-refractivity contribution in [2.75, 3.05) is 18.6 Å². The Balaban J connectivity index is 2.44. The van der Waals surface area contributed by atoms with E-state index in [1.54, 1.807) is 0 Å². The maximum atomic E-state index is 11.7. The summed E-state index contributed by atoms with van der Waals surface area (Å²) in [6, 6.07) is -0.277. The number of aromatic nitrogens is 2. The summed E-state index contributed by atoms with van der Waals surface area (Å²) < 4.78 is 4.58. The van der Waals surface area contributed by atoms with Gasteiger partial charge in [-0.3, -0.25) is 9.69 Å². The Hall–Kier alpha value is -1.73. The quantitative estimate of drug-likeness (QED) is 0.759. The topological polar surface area (TPSA) is 98.4 Å². The van der Waals surface area contributed by atoms with Crippen molar-refractivity contribution in [3.8, 4) is 0 Å². The van der Waals surface area contributed by atoms with Crippen molar-refractivity contribution in [3.63, 3.8) is 0 Å². The van der Waals surface area contributed by atoms with Gasteiger partial charge in [0.05, 0.1) is 13.3 Å². The number of rotatable bonds is 2. The summed E-state index contributed by atoms with van der Waals surface area (Å²) in [7, 11) is 1.21. The van der Waals surface area contributed by atoms with Gasteiger partial charge in [-0.05, 0) is 0 Å². The van der Waals surface area contributed by atoms with Gasteiger partial charge < -0.3 is 10.5 Å². The number of anilines is 1. The summed E-state index contributed by atoms with van der Waals surface area (Å²) in [4.78, 5) is 32.4. The summed E-state index contributed by atoms with van der Waals surface area (Å²) in [5.74, 6) is -0.776. The van der Waals surface area contributed by atoms with Crippen LogP contribution in [0.3, 0.4) is 0 Å². The van der Waals surface area contributed by atoms with Crippen LogP contribution in [-0.4, -0.2) is 41.5 Å². The average Bonchev–Trinajstić information content (AvgIpc) is 2.67. The normalized spacial score (nSPS) is 19.2. The molecule has 0 spiro atoms. The number of ether oxygens (including phenoxy) is 1. The van der Waals surface area contributed by atoms with Crippen molar-refractivity contribution < 1.29 is 14.3 Å². The van der Waals surface area contributed by atoms with E-state index in [2.05, 4.69) is 14.7 Å². The van der Waals surface area contributed by atoms with Crippen LogP contribution < -0.4 is 10.6 Å². The molecule has 1 aromatic heterocycles. The summed E-state index contributed by atoms with van der Waals surface area (Å²) in [6.07, 6.45) is 1.48. The summed E-state index contributed by atoms with van der Waals surface area (Å²) in [6.45, 7) is 0.291. The second-order valence-electron chi connectivity index (χ2n) is 3.83. The fraction of sp³-hybridized carbons (Fsp3) is 0.400. The Morgan fingerprint density at radius 1 is 1.67 bits per heavy atom. The molecule has 2 heterocycles. The lowest BCUT2D eigenvalue weighted by molar-refractivity contribution is -0.117. The van der Waals surface area contributed by atoms with E-state index >= 15 is 0 Å². The maximum absolute atomic E-state index is 11.7. The van der Waals surface area contributed by atoms with Gasteiger partial charge in [-0.1, -0.05) is 11.6 Å². The lowest BCUT2D eigenvalue weighted by atomic mass is 10.3. The molecule has 0 radical (unpaired) electrons. The number of carbonyl (C=O) groups is 2. The molecule has 7 nitrogen and oxygen atoms in total. The van der Waals surface area contributed by atoms with Crippen molar-refractivity contribution in [2.45, 2.75) is 12.5 Å². The molecule has 0 aliphatic carbocycles. The first kappa shape index (κ1) is 12.7. The molecule has 2 N–H and O–H groups in total. The van der Waals surface area contributed by atoms with Crippen molar-refractivity contribution >= 4 is 29.3 Å². The molecule has 1 aliphatic rings. The van der Waals surface area contributed by atoms with Gasteiger partial charge in [0.15, 0.2) is 11.5 Å². The number of hydrogen-bond donors (Lipinski definition) is 1.